The van der Waals surface area contributed by atoms with Gasteiger partial charge < -0.3 is 4.74 Å². The van der Waals surface area contributed by atoms with Crippen LogP contribution in [0, 0.1) is 19.9 Å². The summed E-state index contributed by atoms with van der Waals surface area (Å²) in [5, 5.41) is 0. The van der Waals surface area contributed by atoms with E-state index < -0.39 is 11.7 Å². The zero-order valence-electron chi connectivity index (χ0n) is 10.5. The molecule has 4 heteroatoms. The Morgan fingerprint density at radius 2 is 1.79 bits per heavy atom. The molecule has 0 bridgehead atoms. The SMILES string of the molecule is Cc1cccc(Oc2c[c]ccc2C(F)(F)F)c1C. The van der Waals surface area contributed by atoms with Crippen LogP contribution < -0.4 is 4.74 Å². The van der Waals surface area contributed by atoms with E-state index in [0.29, 0.717) is 5.75 Å². The summed E-state index contributed by atoms with van der Waals surface area (Å²) < 4.78 is 43.9. The van der Waals surface area contributed by atoms with E-state index >= 15 is 0 Å². The molecule has 99 valence electrons. The Kier molecular flexibility index (Phi) is 3.51. The highest BCUT2D eigenvalue weighted by Crippen LogP contribution is 2.38. The molecule has 0 saturated heterocycles. The molecule has 19 heavy (non-hydrogen) atoms. The number of ether oxygens (including phenoxy) is 1. The molecule has 0 aliphatic rings. The summed E-state index contributed by atoms with van der Waals surface area (Å²) in [6.07, 6.45) is -4.44. The first-order valence-electron chi connectivity index (χ1n) is 5.71. The average Bonchev–Trinajstić information content (AvgIpc) is 2.34. The minimum Gasteiger partial charge on any atom is -0.456 e. The fourth-order valence-corrected chi connectivity index (χ4v) is 1.69. The van der Waals surface area contributed by atoms with Gasteiger partial charge in [0.2, 0.25) is 0 Å². The van der Waals surface area contributed by atoms with Gasteiger partial charge in [0.1, 0.15) is 11.5 Å². The topological polar surface area (TPSA) is 9.23 Å². The third-order valence-corrected chi connectivity index (χ3v) is 2.91. The number of rotatable bonds is 2. The Labute approximate surface area is 109 Å². The van der Waals surface area contributed by atoms with Gasteiger partial charge in [0.15, 0.2) is 0 Å². The zero-order chi connectivity index (χ0) is 14.0. The average molecular weight is 265 g/mol. The Balaban J connectivity index is 2.42. The van der Waals surface area contributed by atoms with Gasteiger partial charge in [0.25, 0.3) is 0 Å². The lowest BCUT2D eigenvalue weighted by Gasteiger charge is -2.15. The van der Waals surface area contributed by atoms with E-state index in [2.05, 4.69) is 6.07 Å². The molecule has 0 N–H and O–H groups in total. The minimum atomic E-state index is -4.44. The molecule has 0 aliphatic heterocycles. The van der Waals surface area contributed by atoms with Crippen LogP contribution in [0.15, 0.2) is 36.4 Å². The Hall–Kier alpha value is -1.97. The summed E-state index contributed by atoms with van der Waals surface area (Å²) in [6.45, 7) is 3.69. The predicted octanol–water partition coefficient (Wildman–Crippen LogP) is 4.91. The third-order valence-electron chi connectivity index (χ3n) is 2.91. The van der Waals surface area contributed by atoms with Gasteiger partial charge >= 0.3 is 6.18 Å². The van der Waals surface area contributed by atoms with Gasteiger partial charge in [-0.25, -0.2) is 0 Å². The smallest absolute Gasteiger partial charge is 0.419 e. The maximum atomic E-state index is 12.8. The van der Waals surface area contributed by atoms with Gasteiger partial charge in [0, 0.05) is 0 Å². The van der Waals surface area contributed by atoms with E-state index in [4.69, 9.17) is 4.74 Å². The molecule has 0 fully saturated rings. The largest absolute Gasteiger partial charge is 0.456 e. The molecular formula is C15H12F3O. The summed E-state index contributed by atoms with van der Waals surface area (Å²) in [6, 6.07) is 11.3. The van der Waals surface area contributed by atoms with E-state index in [0.717, 1.165) is 17.2 Å². The Morgan fingerprint density at radius 1 is 1.05 bits per heavy atom. The highest BCUT2D eigenvalue weighted by molar-refractivity contribution is 5.44. The summed E-state index contributed by atoms with van der Waals surface area (Å²) in [5.74, 6) is 0.189. The van der Waals surface area contributed by atoms with Crippen LogP contribution in [0.3, 0.4) is 0 Å². The molecule has 0 saturated carbocycles. The molecule has 1 nitrogen and oxygen atoms in total. The molecule has 1 radical (unpaired) electrons. The van der Waals surface area contributed by atoms with E-state index in [1.165, 1.54) is 12.1 Å². The number of hydrogen-bond donors (Lipinski definition) is 0. The quantitative estimate of drug-likeness (QED) is 0.749. The Bertz CT molecular complexity index is 588. The van der Waals surface area contributed by atoms with Crippen molar-refractivity contribution in [2.24, 2.45) is 0 Å². The first-order valence-corrected chi connectivity index (χ1v) is 5.71. The molecule has 0 heterocycles. The van der Waals surface area contributed by atoms with Gasteiger partial charge in [0.05, 0.1) is 5.56 Å². The van der Waals surface area contributed by atoms with E-state index in [1.54, 1.807) is 12.1 Å². The highest BCUT2D eigenvalue weighted by Gasteiger charge is 2.34. The second kappa shape index (κ2) is 4.96. The van der Waals surface area contributed by atoms with Crippen LogP contribution in [0.2, 0.25) is 0 Å². The van der Waals surface area contributed by atoms with Crippen molar-refractivity contribution in [3.63, 3.8) is 0 Å². The minimum absolute atomic E-state index is 0.233. The fraction of sp³-hybridized carbons (Fsp3) is 0.200. The third kappa shape index (κ3) is 2.89. The van der Waals surface area contributed by atoms with Crippen LogP contribution in [0.25, 0.3) is 0 Å². The van der Waals surface area contributed by atoms with Gasteiger partial charge in [-0.2, -0.15) is 13.2 Å². The summed E-state index contributed by atoms with van der Waals surface area (Å²) in [7, 11) is 0. The number of aryl methyl sites for hydroxylation is 1. The van der Waals surface area contributed by atoms with Crippen molar-refractivity contribution in [2.75, 3.05) is 0 Å². The molecule has 0 atom stereocenters. The van der Waals surface area contributed by atoms with Crippen molar-refractivity contribution < 1.29 is 17.9 Å². The van der Waals surface area contributed by atoms with Crippen molar-refractivity contribution in [1.29, 1.82) is 0 Å². The lowest BCUT2D eigenvalue weighted by molar-refractivity contribution is -0.138. The fourth-order valence-electron chi connectivity index (χ4n) is 1.69. The van der Waals surface area contributed by atoms with Crippen molar-refractivity contribution >= 4 is 0 Å². The van der Waals surface area contributed by atoms with Crippen molar-refractivity contribution in [1.82, 2.24) is 0 Å². The maximum Gasteiger partial charge on any atom is 0.419 e. The van der Waals surface area contributed by atoms with Crippen molar-refractivity contribution in [2.45, 2.75) is 20.0 Å². The van der Waals surface area contributed by atoms with Crippen LogP contribution in [-0.4, -0.2) is 0 Å². The number of hydrogen-bond acceptors (Lipinski definition) is 1. The van der Waals surface area contributed by atoms with E-state index in [-0.39, 0.29) is 5.75 Å². The first kappa shape index (κ1) is 13.5. The molecule has 2 rings (SSSR count). The molecule has 0 unspecified atom stereocenters. The second-order valence-corrected chi connectivity index (χ2v) is 4.22. The van der Waals surface area contributed by atoms with Gasteiger partial charge in [-0.05, 0) is 49.2 Å². The van der Waals surface area contributed by atoms with Crippen molar-refractivity contribution in [3.8, 4) is 11.5 Å². The maximum absolute atomic E-state index is 12.8. The van der Waals surface area contributed by atoms with Gasteiger partial charge in [-0.15, -0.1) is 0 Å². The summed E-state index contributed by atoms with van der Waals surface area (Å²) >= 11 is 0. The standard InChI is InChI=1S/C15H12F3O/c1-10-6-5-9-13(11(10)2)19-14-8-4-3-7-12(14)15(16,17)18/h3,5-9H,1-2H3. The molecule has 0 spiro atoms. The Morgan fingerprint density at radius 3 is 2.47 bits per heavy atom. The monoisotopic (exact) mass is 265 g/mol. The molecule has 2 aromatic rings. The van der Waals surface area contributed by atoms with Gasteiger partial charge in [-0.3, -0.25) is 0 Å². The van der Waals surface area contributed by atoms with Crippen LogP contribution in [0.4, 0.5) is 13.2 Å². The van der Waals surface area contributed by atoms with Crippen LogP contribution >= 0.6 is 0 Å². The van der Waals surface area contributed by atoms with E-state index in [9.17, 15) is 13.2 Å². The number of alkyl halides is 3. The lowest BCUT2D eigenvalue weighted by Crippen LogP contribution is -2.07. The molecule has 0 aromatic heterocycles. The van der Waals surface area contributed by atoms with Crippen molar-refractivity contribution in [3.05, 3.63) is 59.2 Å². The number of halogens is 3. The van der Waals surface area contributed by atoms with Crippen LogP contribution in [0.1, 0.15) is 16.7 Å². The molecular weight excluding hydrogens is 253 g/mol. The predicted molar refractivity (Wildman–Crippen MR) is 66.3 cm³/mol. The zero-order valence-corrected chi connectivity index (χ0v) is 10.5. The highest BCUT2D eigenvalue weighted by atomic mass is 19.4. The molecule has 0 aliphatic carbocycles. The summed E-state index contributed by atoms with van der Waals surface area (Å²) in [5.41, 5.74) is 0.984. The van der Waals surface area contributed by atoms with Gasteiger partial charge in [-0.1, -0.05) is 18.2 Å². The number of benzene rings is 2. The molecule has 2 aromatic carbocycles. The van der Waals surface area contributed by atoms with E-state index in [1.807, 2.05) is 19.9 Å². The van der Waals surface area contributed by atoms with Crippen LogP contribution in [0.5, 0.6) is 11.5 Å². The second-order valence-electron chi connectivity index (χ2n) is 4.22. The molecule has 0 amide bonds. The van der Waals surface area contributed by atoms with Crippen LogP contribution in [-0.2, 0) is 6.18 Å². The normalized spacial score (nSPS) is 11.4. The lowest BCUT2D eigenvalue weighted by atomic mass is 10.1. The first-order chi connectivity index (χ1) is 8.89. The summed E-state index contributed by atoms with van der Waals surface area (Å²) in [4.78, 5) is 0.